The van der Waals surface area contributed by atoms with Gasteiger partial charge in [0.25, 0.3) is 0 Å². The zero-order valence-electron chi connectivity index (χ0n) is 8.54. The van der Waals surface area contributed by atoms with E-state index in [4.69, 9.17) is 23.2 Å². The van der Waals surface area contributed by atoms with Crippen LogP contribution in [0.2, 0.25) is 10.0 Å². The molecule has 1 heterocycles. The SMILES string of the molecule is Cc1cn(Cc2cc(Cl)ccc2Cl)nc1I. The van der Waals surface area contributed by atoms with Crippen molar-refractivity contribution in [3.63, 3.8) is 0 Å². The Hall–Kier alpha value is -0.260. The van der Waals surface area contributed by atoms with Gasteiger partial charge in [-0.3, -0.25) is 4.68 Å². The van der Waals surface area contributed by atoms with E-state index < -0.39 is 0 Å². The van der Waals surface area contributed by atoms with Gasteiger partial charge in [0.2, 0.25) is 0 Å². The normalized spacial score (nSPS) is 10.8. The summed E-state index contributed by atoms with van der Waals surface area (Å²) in [4.78, 5) is 0. The van der Waals surface area contributed by atoms with E-state index in [2.05, 4.69) is 27.7 Å². The predicted molar refractivity (Wildman–Crippen MR) is 75.2 cm³/mol. The summed E-state index contributed by atoms with van der Waals surface area (Å²) in [5, 5.41) is 5.79. The lowest BCUT2D eigenvalue weighted by Crippen LogP contribution is -2.01. The van der Waals surface area contributed by atoms with Gasteiger partial charge in [-0.2, -0.15) is 5.10 Å². The van der Waals surface area contributed by atoms with Gasteiger partial charge in [0.15, 0.2) is 0 Å². The fourth-order valence-corrected chi connectivity index (χ4v) is 2.21. The van der Waals surface area contributed by atoms with Gasteiger partial charge in [0, 0.05) is 21.8 Å². The Labute approximate surface area is 118 Å². The average molecular weight is 367 g/mol. The van der Waals surface area contributed by atoms with Gasteiger partial charge in [-0.15, -0.1) is 0 Å². The highest BCUT2D eigenvalue weighted by Crippen LogP contribution is 2.21. The first kappa shape index (κ1) is 12.2. The number of rotatable bonds is 2. The molecule has 2 rings (SSSR count). The highest BCUT2D eigenvalue weighted by Gasteiger charge is 2.05. The van der Waals surface area contributed by atoms with Crippen molar-refractivity contribution in [3.8, 4) is 0 Å². The topological polar surface area (TPSA) is 17.8 Å². The monoisotopic (exact) mass is 366 g/mol. The molecule has 0 fully saturated rings. The summed E-state index contributed by atoms with van der Waals surface area (Å²) in [6, 6.07) is 5.46. The second-order valence-corrected chi connectivity index (χ2v) is 5.40. The van der Waals surface area contributed by atoms with Crippen LogP contribution in [0.15, 0.2) is 24.4 Å². The molecule has 1 aromatic carbocycles. The lowest BCUT2D eigenvalue weighted by Gasteiger charge is -2.04. The van der Waals surface area contributed by atoms with E-state index in [1.807, 2.05) is 23.9 Å². The van der Waals surface area contributed by atoms with Gasteiger partial charge >= 0.3 is 0 Å². The zero-order valence-corrected chi connectivity index (χ0v) is 12.2. The van der Waals surface area contributed by atoms with Crippen LogP contribution in [0.4, 0.5) is 0 Å². The third-order valence-corrected chi connectivity index (χ3v) is 3.89. The van der Waals surface area contributed by atoms with Gasteiger partial charge in [-0.1, -0.05) is 23.2 Å². The average Bonchev–Trinajstić information content (AvgIpc) is 2.52. The Balaban J connectivity index is 2.29. The minimum Gasteiger partial charge on any atom is -0.267 e. The molecule has 0 saturated heterocycles. The Bertz CT molecular complexity index is 503. The van der Waals surface area contributed by atoms with Crippen LogP contribution < -0.4 is 0 Å². The molecule has 2 nitrogen and oxygen atoms in total. The van der Waals surface area contributed by atoms with Gasteiger partial charge in [0.1, 0.15) is 3.70 Å². The maximum atomic E-state index is 6.09. The number of hydrogen-bond donors (Lipinski definition) is 0. The Morgan fingerprint density at radius 3 is 2.75 bits per heavy atom. The van der Waals surface area contributed by atoms with Crippen LogP contribution in [0.25, 0.3) is 0 Å². The van der Waals surface area contributed by atoms with Gasteiger partial charge in [-0.05, 0) is 53.3 Å². The fraction of sp³-hybridized carbons (Fsp3) is 0.182. The summed E-state index contributed by atoms with van der Waals surface area (Å²) in [5.74, 6) is 0. The van der Waals surface area contributed by atoms with Crippen molar-refractivity contribution in [1.29, 1.82) is 0 Å². The summed E-state index contributed by atoms with van der Waals surface area (Å²) in [7, 11) is 0. The highest BCUT2D eigenvalue weighted by molar-refractivity contribution is 14.1. The predicted octanol–water partition coefficient (Wildman–Crippen LogP) is 4.15. The van der Waals surface area contributed by atoms with E-state index in [0.29, 0.717) is 16.6 Å². The van der Waals surface area contributed by atoms with Crippen molar-refractivity contribution >= 4 is 45.8 Å². The molecule has 0 spiro atoms. The molecular formula is C11H9Cl2IN2. The summed E-state index contributed by atoms with van der Waals surface area (Å²) < 4.78 is 2.88. The number of aryl methyl sites for hydroxylation is 1. The molecule has 5 heteroatoms. The molecule has 0 atom stereocenters. The minimum absolute atomic E-state index is 0.642. The van der Waals surface area contributed by atoms with Crippen molar-refractivity contribution < 1.29 is 0 Å². The molecule has 0 radical (unpaired) electrons. The Morgan fingerprint density at radius 2 is 2.12 bits per heavy atom. The van der Waals surface area contributed by atoms with E-state index in [1.165, 1.54) is 5.56 Å². The summed E-state index contributed by atoms with van der Waals surface area (Å²) in [6.45, 7) is 2.67. The Kier molecular flexibility index (Phi) is 3.77. The maximum absolute atomic E-state index is 6.09. The molecular weight excluding hydrogens is 358 g/mol. The first-order valence-corrected chi connectivity index (χ1v) is 6.53. The molecule has 0 aliphatic rings. The lowest BCUT2D eigenvalue weighted by atomic mass is 10.2. The summed E-state index contributed by atoms with van der Waals surface area (Å²) in [6.07, 6.45) is 2.00. The summed E-state index contributed by atoms with van der Waals surface area (Å²) >= 11 is 14.2. The first-order valence-electron chi connectivity index (χ1n) is 4.70. The largest absolute Gasteiger partial charge is 0.267 e. The van der Waals surface area contributed by atoms with Crippen LogP contribution in [-0.2, 0) is 6.54 Å². The molecule has 0 amide bonds. The molecule has 0 saturated carbocycles. The van der Waals surface area contributed by atoms with Crippen LogP contribution in [-0.4, -0.2) is 9.78 Å². The highest BCUT2D eigenvalue weighted by atomic mass is 127. The van der Waals surface area contributed by atoms with E-state index in [-0.39, 0.29) is 0 Å². The van der Waals surface area contributed by atoms with E-state index >= 15 is 0 Å². The van der Waals surface area contributed by atoms with Crippen LogP contribution >= 0.6 is 45.8 Å². The van der Waals surface area contributed by atoms with Gasteiger partial charge in [-0.25, -0.2) is 0 Å². The fourth-order valence-electron chi connectivity index (χ4n) is 1.42. The third kappa shape index (κ3) is 2.70. The molecule has 2 aromatic rings. The standard InChI is InChI=1S/C11H9Cl2IN2/c1-7-5-16(15-11(7)14)6-8-4-9(12)2-3-10(8)13/h2-5H,6H2,1H3. The van der Waals surface area contributed by atoms with Crippen LogP contribution in [0.1, 0.15) is 11.1 Å². The molecule has 0 N–H and O–H groups in total. The lowest BCUT2D eigenvalue weighted by molar-refractivity contribution is 0.681. The maximum Gasteiger partial charge on any atom is 0.126 e. The van der Waals surface area contributed by atoms with Gasteiger partial charge < -0.3 is 0 Å². The molecule has 0 aliphatic carbocycles. The van der Waals surface area contributed by atoms with Crippen molar-refractivity contribution in [1.82, 2.24) is 9.78 Å². The number of benzene rings is 1. The third-order valence-electron chi connectivity index (χ3n) is 2.22. The van der Waals surface area contributed by atoms with Crippen molar-refractivity contribution in [2.24, 2.45) is 0 Å². The zero-order chi connectivity index (χ0) is 11.7. The molecule has 0 aliphatic heterocycles. The molecule has 0 unspecified atom stereocenters. The van der Waals surface area contributed by atoms with E-state index in [9.17, 15) is 0 Å². The number of aromatic nitrogens is 2. The minimum atomic E-state index is 0.642. The second kappa shape index (κ2) is 4.94. The molecule has 84 valence electrons. The summed E-state index contributed by atoms with van der Waals surface area (Å²) in [5.41, 5.74) is 2.15. The smallest absolute Gasteiger partial charge is 0.126 e. The first-order chi connectivity index (χ1) is 7.56. The Morgan fingerprint density at radius 1 is 1.38 bits per heavy atom. The van der Waals surface area contributed by atoms with Crippen molar-refractivity contribution in [2.45, 2.75) is 13.5 Å². The number of halogens is 3. The van der Waals surface area contributed by atoms with Crippen LogP contribution in [0.5, 0.6) is 0 Å². The molecule has 0 bridgehead atoms. The molecule has 16 heavy (non-hydrogen) atoms. The number of hydrogen-bond acceptors (Lipinski definition) is 1. The van der Waals surface area contributed by atoms with Crippen molar-refractivity contribution in [2.75, 3.05) is 0 Å². The quantitative estimate of drug-likeness (QED) is 0.730. The van der Waals surface area contributed by atoms with Crippen molar-refractivity contribution in [3.05, 3.63) is 49.3 Å². The van der Waals surface area contributed by atoms with E-state index in [0.717, 1.165) is 9.26 Å². The van der Waals surface area contributed by atoms with E-state index in [1.54, 1.807) is 12.1 Å². The van der Waals surface area contributed by atoms with Gasteiger partial charge in [0.05, 0.1) is 6.54 Å². The second-order valence-electron chi connectivity index (χ2n) is 3.54. The van der Waals surface area contributed by atoms with Crippen LogP contribution in [0.3, 0.4) is 0 Å². The number of nitrogens with zero attached hydrogens (tertiary/aromatic N) is 2. The van der Waals surface area contributed by atoms with Crippen LogP contribution in [0, 0.1) is 10.6 Å². The molecule has 1 aromatic heterocycles.